The Balaban J connectivity index is 1.54. The van der Waals surface area contributed by atoms with Crippen LogP contribution in [0.15, 0.2) is 79.4 Å². The van der Waals surface area contributed by atoms with Crippen molar-refractivity contribution >= 4 is 12.0 Å². The highest BCUT2D eigenvalue weighted by Crippen LogP contribution is 2.32. The molecular weight excluding hydrogens is 472 g/mol. The molecule has 0 amide bonds. The molecule has 0 atom stereocenters. The highest BCUT2D eigenvalue weighted by Gasteiger charge is 2.21. The van der Waals surface area contributed by atoms with E-state index in [9.17, 15) is 22.4 Å². The molecule has 0 bridgehead atoms. The van der Waals surface area contributed by atoms with Crippen LogP contribution in [-0.2, 0) is 0 Å². The Labute approximate surface area is 205 Å². The Morgan fingerprint density at radius 3 is 1.83 bits per heavy atom. The fourth-order valence-corrected chi connectivity index (χ4v) is 3.62. The van der Waals surface area contributed by atoms with E-state index in [1.807, 2.05) is 0 Å². The van der Waals surface area contributed by atoms with Crippen LogP contribution in [0.4, 0.5) is 17.6 Å². The molecule has 4 aromatic rings. The maximum atomic E-state index is 14.9. The molecule has 0 spiro atoms. The predicted octanol–water partition coefficient (Wildman–Crippen LogP) is 7.84. The van der Waals surface area contributed by atoms with Gasteiger partial charge in [-0.25, -0.2) is 18.0 Å². The van der Waals surface area contributed by atoms with Crippen molar-refractivity contribution in [2.45, 2.75) is 6.92 Å². The first-order valence-corrected chi connectivity index (χ1v) is 11.0. The van der Waals surface area contributed by atoms with Crippen molar-refractivity contribution in [2.75, 3.05) is 6.61 Å². The molecule has 7 heteroatoms. The monoisotopic (exact) mass is 492 g/mol. The highest BCUT2D eigenvalue weighted by molar-refractivity contribution is 5.91. The standard InChI is InChI=1S/C29H20F4O3/c1-3-17-5-7-18(8-6-17)21-13-14-22(26(31)25(21)30)19-9-11-20(12-10-19)36-29(34)23-15-16-24(35-4-2)28(33)27(23)32/h3,5-16H,1,4H2,2H3. The molecule has 3 nitrogen and oxygen atoms in total. The van der Waals surface area contributed by atoms with Crippen LogP contribution in [0.2, 0.25) is 0 Å². The summed E-state index contributed by atoms with van der Waals surface area (Å²) in [6, 6.07) is 17.5. The van der Waals surface area contributed by atoms with Crippen molar-refractivity contribution in [1.29, 1.82) is 0 Å². The van der Waals surface area contributed by atoms with Crippen molar-refractivity contribution in [3.63, 3.8) is 0 Å². The molecule has 0 fully saturated rings. The Bertz CT molecular complexity index is 1430. The lowest BCUT2D eigenvalue weighted by molar-refractivity contribution is 0.0728. The number of carbonyl (C=O) groups excluding carboxylic acids is 1. The number of esters is 1. The maximum absolute atomic E-state index is 14.9. The topological polar surface area (TPSA) is 35.5 Å². The van der Waals surface area contributed by atoms with Gasteiger partial charge in [0.25, 0.3) is 0 Å². The van der Waals surface area contributed by atoms with E-state index in [2.05, 4.69) is 6.58 Å². The van der Waals surface area contributed by atoms with E-state index in [1.165, 1.54) is 36.4 Å². The molecule has 0 N–H and O–H groups in total. The van der Waals surface area contributed by atoms with E-state index >= 15 is 0 Å². The number of hydrogen-bond donors (Lipinski definition) is 0. The lowest BCUT2D eigenvalue weighted by Crippen LogP contribution is -2.12. The van der Waals surface area contributed by atoms with E-state index < -0.39 is 34.8 Å². The third-order valence-electron chi connectivity index (χ3n) is 5.48. The summed E-state index contributed by atoms with van der Waals surface area (Å²) in [5.74, 6) is -6.13. The third kappa shape index (κ3) is 4.86. The molecule has 0 saturated carbocycles. The summed E-state index contributed by atoms with van der Waals surface area (Å²) in [7, 11) is 0. The lowest BCUT2D eigenvalue weighted by Gasteiger charge is -2.11. The number of carbonyl (C=O) groups is 1. The molecule has 0 saturated heterocycles. The molecule has 4 rings (SSSR count). The first kappa shape index (κ1) is 24.7. The first-order chi connectivity index (χ1) is 17.3. The summed E-state index contributed by atoms with van der Waals surface area (Å²) in [5.41, 5.74) is 1.22. The second-order valence-corrected chi connectivity index (χ2v) is 7.70. The van der Waals surface area contributed by atoms with Gasteiger partial charge in [-0.2, -0.15) is 4.39 Å². The van der Waals surface area contributed by atoms with Crippen molar-refractivity contribution in [3.8, 4) is 33.8 Å². The molecule has 0 unspecified atom stereocenters. The molecule has 182 valence electrons. The van der Waals surface area contributed by atoms with E-state index in [4.69, 9.17) is 9.47 Å². The minimum Gasteiger partial charge on any atom is -0.491 e. The van der Waals surface area contributed by atoms with Crippen LogP contribution in [0.25, 0.3) is 28.3 Å². The molecule has 36 heavy (non-hydrogen) atoms. The smallest absolute Gasteiger partial charge is 0.346 e. The average molecular weight is 492 g/mol. The van der Waals surface area contributed by atoms with Gasteiger partial charge in [0.2, 0.25) is 5.82 Å². The van der Waals surface area contributed by atoms with Gasteiger partial charge in [0.15, 0.2) is 23.2 Å². The van der Waals surface area contributed by atoms with Gasteiger partial charge in [0.05, 0.1) is 12.2 Å². The Kier molecular flexibility index (Phi) is 7.20. The zero-order chi connectivity index (χ0) is 25.8. The van der Waals surface area contributed by atoms with Gasteiger partial charge in [-0.15, -0.1) is 0 Å². The van der Waals surface area contributed by atoms with Gasteiger partial charge in [0.1, 0.15) is 5.75 Å². The second kappa shape index (κ2) is 10.5. The summed E-state index contributed by atoms with van der Waals surface area (Å²) in [4.78, 5) is 12.3. The van der Waals surface area contributed by atoms with E-state index in [0.29, 0.717) is 11.1 Å². The van der Waals surface area contributed by atoms with E-state index in [-0.39, 0.29) is 29.2 Å². The van der Waals surface area contributed by atoms with Gasteiger partial charge in [-0.1, -0.05) is 61.2 Å². The molecule has 0 heterocycles. The van der Waals surface area contributed by atoms with Crippen LogP contribution in [0.1, 0.15) is 22.8 Å². The summed E-state index contributed by atoms with van der Waals surface area (Å²) < 4.78 is 68.2. The van der Waals surface area contributed by atoms with Gasteiger partial charge in [0, 0.05) is 11.1 Å². The highest BCUT2D eigenvalue weighted by atomic mass is 19.2. The van der Waals surface area contributed by atoms with E-state index in [1.54, 1.807) is 37.3 Å². The molecule has 4 aromatic carbocycles. The number of ether oxygens (including phenoxy) is 2. The summed E-state index contributed by atoms with van der Waals surface area (Å²) in [6.45, 7) is 5.40. The predicted molar refractivity (Wildman–Crippen MR) is 130 cm³/mol. The average Bonchev–Trinajstić information content (AvgIpc) is 2.89. The van der Waals surface area contributed by atoms with Gasteiger partial charge in [-0.3, -0.25) is 0 Å². The van der Waals surface area contributed by atoms with Crippen molar-refractivity contribution in [2.24, 2.45) is 0 Å². The number of hydrogen-bond acceptors (Lipinski definition) is 3. The molecule has 0 aliphatic heterocycles. The fraction of sp³-hybridized carbons (Fsp3) is 0.0690. The largest absolute Gasteiger partial charge is 0.491 e. The molecular formula is C29H20F4O3. The van der Waals surface area contributed by atoms with Crippen LogP contribution in [0.3, 0.4) is 0 Å². The van der Waals surface area contributed by atoms with Gasteiger partial charge in [-0.05, 0) is 47.9 Å². The fourth-order valence-electron chi connectivity index (χ4n) is 3.62. The first-order valence-electron chi connectivity index (χ1n) is 11.0. The third-order valence-corrected chi connectivity index (χ3v) is 5.48. The minimum atomic E-state index is -1.39. The van der Waals surface area contributed by atoms with Crippen LogP contribution < -0.4 is 9.47 Å². The molecule has 0 aliphatic rings. The zero-order valence-electron chi connectivity index (χ0n) is 19.2. The van der Waals surface area contributed by atoms with Crippen LogP contribution in [-0.4, -0.2) is 12.6 Å². The molecule has 0 aliphatic carbocycles. The number of halogens is 4. The van der Waals surface area contributed by atoms with Gasteiger partial charge >= 0.3 is 5.97 Å². The van der Waals surface area contributed by atoms with E-state index in [0.717, 1.165) is 17.7 Å². The molecule has 0 radical (unpaired) electrons. The minimum absolute atomic E-state index is 0.0106. The van der Waals surface area contributed by atoms with Gasteiger partial charge < -0.3 is 9.47 Å². The van der Waals surface area contributed by atoms with Crippen LogP contribution in [0, 0.1) is 23.3 Å². The normalized spacial score (nSPS) is 10.7. The Morgan fingerprint density at radius 2 is 1.31 bits per heavy atom. The summed E-state index contributed by atoms with van der Waals surface area (Å²) in [6.07, 6.45) is 1.65. The summed E-state index contributed by atoms with van der Waals surface area (Å²) >= 11 is 0. The zero-order valence-corrected chi connectivity index (χ0v) is 19.2. The number of rotatable bonds is 7. The van der Waals surface area contributed by atoms with Crippen molar-refractivity contribution < 1.29 is 31.8 Å². The van der Waals surface area contributed by atoms with Crippen LogP contribution in [0.5, 0.6) is 11.5 Å². The Hall–Kier alpha value is -4.39. The van der Waals surface area contributed by atoms with Crippen molar-refractivity contribution in [1.82, 2.24) is 0 Å². The summed E-state index contributed by atoms with van der Waals surface area (Å²) in [5, 5.41) is 0. The second-order valence-electron chi connectivity index (χ2n) is 7.70. The Morgan fingerprint density at radius 1 is 0.750 bits per heavy atom. The SMILES string of the molecule is C=Cc1ccc(-c2ccc(-c3ccc(OC(=O)c4ccc(OCC)c(F)c4F)cc3)c(F)c2F)cc1. The molecule has 0 aromatic heterocycles. The van der Waals surface area contributed by atoms with Crippen LogP contribution >= 0.6 is 0 Å². The maximum Gasteiger partial charge on any atom is 0.346 e. The number of benzene rings is 4. The lowest BCUT2D eigenvalue weighted by atomic mass is 9.98. The van der Waals surface area contributed by atoms with Crippen molar-refractivity contribution in [3.05, 3.63) is 114 Å². The quantitative estimate of drug-likeness (QED) is 0.150.